The first kappa shape index (κ1) is 14.4. The van der Waals surface area contributed by atoms with Crippen molar-refractivity contribution in [3.8, 4) is 0 Å². The van der Waals surface area contributed by atoms with E-state index in [1.165, 1.54) is 11.3 Å². The van der Waals surface area contributed by atoms with Crippen LogP contribution in [0.2, 0.25) is 0 Å². The van der Waals surface area contributed by atoms with E-state index in [-0.39, 0.29) is 11.9 Å². The lowest BCUT2D eigenvalue weighted by Gasteiger charge is -2.35. The lowest BCUT2D eigenvalue weighted by atomic mass is 9.98. The maximum atomic E-state index is 12.8. The molecule has 23 heavy (non-hydrogen) atoms. The summed E-state index contributed by atoms with van der Waals surface area (Å²) >= 11 is 1.50. The first-order valence-electron chi connectivity index (χ1n) is 7.88. The fourth-order valence-corrected chi connectivity index (χ4v) is 3.98. The average molecular weight is 326 g/mol. The van der Waals surface area contributed by atoms with Crippen LogP contribution >= 0.6 is 11.3 Å². The SMILES string of the molecule is Cc1nc(C2CCCCN2C(=O)c2cccs2)cc2cncn12. The molecule has 1 aliphatic heterocycles. The number of likely N-dealkylation sites (tertiary alicyclic amines) is 1. The van der Waals surface area contributed by atoms with Crippen LogP contribution in [0.15, 0.2) is 36.1 Å². The molecule has 0 aromatic carbocycles. The number of nitrogens with zero attached hydrogens (tertiary/aromatic N) is 4. The minimum atomic E-state index is 0.0527. The van der Waals surface area contributed by atoms with E-state index in [0.29, 0.717) is 0 Å². The highest BCUT2D eigenvalue weighted by Gasteiger charge is 2.30. The quantitative estimate of drug-likeness (QED) is 0.724. The van der Waals surface area contributed by atoms with Crippen molar-refractivity contribution in [2.24, 2.45) is 0 Å². The first-order chi connectivity index (χ1) is 11.2. The number of rotatable bonds is 2. The van der Waals surface area contributed by atoms with Crippen LogP contribution in [0, 0.1) is 6.92 Å². The number of fused-ring (bicyclic) bond motifs is 1. The molecular weight excluding hydrogens is 308 g/mol. The summed E-state index contributed by atoms with van der Waals surface area (Å²) in [5, 5.41) is 1.95. The van der Waals surface area contributed by atoms with Crippen LogP contribution in [0.3, 0.4) is 0 Å². The van der Waals surface area contributed by atoms with Gasteiger partial charge in [0.2, 0.25) is 0 Å². The number of aromatic nitrogens is 3. The fraction of sp³-hybridized carbons (Fsp3) is 0.353. The van der Waals surface area contributed by atoms with Crippen molar-refractivity contribution in [3.05, 3.63) is 52.5 Å². The molecule has 1 unspecified atom stereocenters. The Morgan fingerprint density at radius 3 is 3.13 bits per heavy atom. The van der Waals surface area contributed by atoms with Crippen LogP contribution in [-0.2, 0) is 0 Å². The highest BCUT2D eigenvalue weighted by Crippen LogP contribution is 2.32. The second-order valence-corrected chi connectivity index (χ2v) is 6.85. The van der Waals surface area contributed by atoms with Gasteiger partial charge in [-0.3, -0.25) is 9.20 Å². The van der Waals surface area contributed by atoms with Crippen molar-refractivity contribution >= 4 is 22.8 Å². The van der Waals surface area contributed by atoms with E-state index in [0.717, 1.165) is 47.7 Å². The van der Waals surface area contributed by atoms with Gasteiger partial charge >= 0.3 is 0 Å². The summed E-state index contributed by atoms with van der Waals surface area (Å²) in [5.41, 5.74) is 2.00. The Morgan fingerprint density at radius 1 is 1.39 bits per heavy atom. The van der Waals surface area contributed by atoms with Crippen molar-refractivity contribution in [2.75, 3.05) is 6.54 Å². The number of hydrogen-bond acceptors (Lipinski definition) is 4. The molecule has 0 aliphatic carbocycles. The summed E-state index contributed by atoms with van der Waals surface area (Å²) in [5.74, 6) is 1.03. The standard InChI is InChI=1S/C17H18N4OS/c1-12-19-14(9-13-10-18-11-21(12)13)15-5-2-3-7-20(15)17(22)16-6-4-8-23-16/h4,6,8-11,15H,2-3,5,7H2,1H3. The molecule has 1 fully saturated rings. The van der Waals surface area contributed by atoms with Crippen LogP contribution in [0.5, 0.6) is 0 Å². The predicted octanol–water partition coefficient (Wildman–Crippen LogP) is 3.47. The Labute approximate surface area is 138 Å². The maximum Gasteiger partial charge on any atom is 0.264 e. The summed E-state index contributed by atoms with van der Waals surface area (Å²) in [6, 6.07) is 5.94. The van der Waals surface area contributed by atoms with E-state index >= 15 is 0 Å². The van der Waals surface area contributed by atoms with E-state index in [1.807, 2.05) is 39.9 Å². The molecule has 118 valence electrons. The molecule has 6 heteroatoms. The van der Waals surface area contributed by atoms with Crippen LogP contribution in [-0.4, -0.2) is 31.7 Å². The molecular formula is C17H18N4OS. The summed E-state index contributed by atoms with van der Waals surface area (Å²) in [7, 11) is 0. The van der Waals surface area contributed by atoms with Gasteiger partial charge in [-0.1, -0.05) is 6.07 Å². The smallest absolute Gasteiger partial charge is 0.264 e. The Hall–Kier alpha value is -2.21. The molecule has 3 aromatic heterocycles. The fourth-order valence-electron chi connectivity index (χ4n) is 3.30. The molecule has 0 bridgehead atoms. The van der Waals surface area contributed by atoms with Gasteiger partial charge in [0.25, 0.3) is 5.91 Å². The van der Waals surface area contributed by atoms with Crippen LogP contribution in [0.1, 0.15) is 46.5 Å². The molecule has 1 amide bonds. The number of imidazole rings is 1. The lowest BCUT2D eigenvalue weighted by Crippen LogP contribution is -2.38. The molecule has 1 aliphatic rings. The van der Waals surface area contributed by atoms with Gasteiger partial charge in [0, 0.05) is 6.54 Å². The van der Waals surface area contributed by atoms with Gasteiger partial charge in [0.15, 0.2) is 0 Å². The second kappa shape index (κ2) is 5.77. The first-order valence-corrected chi connectivity index (χ1v) is 8.76. The largest absolute Gasteiger partial charge is 0.329 e. The highest BCUT2D eigenvalue weighted by molar-refractivity contribution is 7.12. The van der Waals surface area contributed by atoms with Crippen molar-refractivity contribution in [3.63, 3.8) is 0 Å². The van der Waals surface area contributed by atoms with Gasteiger partial charge in [-0.25, -0.2) is 9.97 Å². The van der Waals surface area contributed by atoms with Gasteiger partial charge in [0.05, 0.1) is 28.3 Å². The molecule has 0 saturated carbocycles. The van der Waals surface area contributed by atoms with E-state index in [4.69, 9.17) is 4.98 Å². The van der Waals surface area contributed by atoms with Gasteiger partial charge in [-0.05, 0) is 43.7 Å². The molecule has 0 radical (unpaired) electrons. The second-order valence-electron chi connectivity index (χ2n) is 5.90. The molecule has 4 heterocycles. The summed E-state index contributed by atoms with van der Waals surface area (Å²) in [6.07, 6.45) is 6.77. The third-order valence-electron chi connectivity index (χ3n) is 4.44. The van der Waals surface area contributed by atoms with Crippen LogP contribution in [0.4, 0.5) is 0 Å². The third-order valence-corrected chi connectivity index (χ3v) is 5.30. The molecule has 3 aromatic rings. The summed E-state index contributed by atoms with van der Waals surface area (Å²) in [6.45, 7) is 2.78. The van der Waals surface area contributed by atoms with Gasteiger partial charge in [-0.15, -0.1) is 11.3 Å². The molecule has 5 nitrogen and oxygen atoms in total. The number of hydrogen-bond donors (Lipinski definition) is 0. The average Bonchev–Trinajstić information content (AvgIpc) is 3.25. The zero-order valence-corrected chi connectivity index (χ0v) is 13.8. The van der Waals surface area contributed by atoms with E-state index in [9.17, 15) is 4.79 Å². The molecule has 4 rings (SSSR count). The zero-order chi connectivity index (χ0) is 15.8. The maximum absolute atomic E-state index is 12.8. The summed E-state index contributed by atoms with van der Waals surface area (Å²) in [4.78, 5) is 24.6. The van der Waals surface area contributed by atoms with Crippen molar-refractivity contribution in [1.29, 1.82) is 0 Å². The van der Waals surface area contributed by atoms with Gasteiger partial charge in [-0.2, -0.15) is 0 Å². The number of carbonyl (C=O) groups is 1. The number of amides is 1. The minimum Gasteiger partial charge on any atom is -0.329 e. The Balaban J connectivity index is 1.73. The Morgan fingerprint density at radius 2 is 2.30 bits per heavy atom. The Kier molecular flexibility index (Phi) is 3.61. The van der Waals surface area contributed by atoms with Gasteiger partial charge < -0.3 is 4.90 Å². The Bertz CT molecular complexity index is 840. The molecule has 0 N–H and O–H groups in total. The van der Waals surface area contributed by atoms with Crippen LogP contribution in [0.25, 0.3) is 5.52 Å². The number of aryl methyl sites for hydroxylation is 1. The van der Waals surface area contributed by atoms with Crippen LogP contribution < -0.4 is 0 Å². The topological polar surface area (TPSA) is 50.5 Å². The van der Waals surface area contributed by atoms with Crippen molar-refractivity contribution < 1.29 is 4.79 Å². The number of piperidine rings is 1. The molecule has 0 spiro atoms. The van der Waals surface area contributed by atoms with E-state index < -0.39 is 0 Å². The predicted molar refractivity (Wildman–Crippen MR) is 89.7 cm³/mol. The zero-order valence-electron chi connectivity index (χ0n) is 13.0. The van der Waals surface area contributed by atoms with E-state index in [2.05, 4.69) is 11.1 Å². The molecule has 1 atom stereocenters. The number of carbonyl (C=O) groups excluding carboxylic acids is 1. The van der Waals surface area contributed by atoms with E-state index in [1.54, 1.807) is 6.33 Å². The van der Waals surface area contributed by atoms with Crippen molar-refractivity contribution in [2.45, 2.75) is 32.2 Å². The lowest BCUT2D eigenvalue weighted by molar-refractivity contribution is 0.0611. The van der Waals surface area contributed by atoms with Gasteiger partial charge in [0.1, 0.15) is 12.2 Å². The number of thiophene rings is 1. The highest BCUT2D eigenvalue weighted by atomic mass is 32.1. The minimum absolute atomic E-state index is 0.0527. The molecule has 1 saturated heterocycles. The third kappa shape index (κ3) is 2.53. The van der Waals surface area contributed by atoms with Crippen molar-refractivity contribution in [1.82, 2.24) is 19.3 Å². The summed E-state index contributed by atoms with van der Waals surface area (Å²) < 4.78 is 1.97. The monoisotopic (exact) mass is 326 g/mol. The normalized spacial score (nSPS) is 18.5.